The summed E-state index contributed by atoms with van der Waals surface area (Å²) in [5.41, 5.74) is 0.479. The van der Waals surface area contributed by atoms with Crippen molar-refractivity contribution in [3.05, 3.63) is 41.2 Å². The zero-order chi connectivity index (χ0) is 11.3. The van der Waals surface area contributed by atoms with Gasteiger partial charge in [-0.15, -0.1) is 0 Å². The van der Waals surface area contributed by atoms with Crippen molar-refractivity contribution in [1.29, 1.82) is 0 Å². The molecule has 0 bridgehead atoms. The number of hydrogen-bond donors (Lipinski definition) is 1. The van der Waals surface area contributed by atoms with Crippen molar-refractivity contribution in [2.45, 2.75) is 0 Å². The van der Waals surface area contributed by atoms with Crippen LogP contribution < -0.4 is 0 Å². The van der Waals surface area contributed by atoms with E-state index in [2.05, 4.69) is 4.74 Å². The molecule has 0 unspecified atom stereocenters. The van der Waals surface area contributed by atoms with E-state index >= 15 is 0 Å². The van der Waals surface area contributed by atoms with E-state index in [-0.39, 0.29) is 12.2 Å². The average Bonchev–Trinajstić information content (AvgIpc) is 2.25. The summed E-state index contributed by atoms with van der Waals surface area (Å²) in [5, 5.41) is 8.52. The quantitative estimate of drug-likeness (QED) is 0.771. The van der Waals surface area contributed by atoms with Crippen LogP contribution in [0, 0.1) is 5.82 Å². The highest BCUT2D eigenvalue weighted by Gasteiger charge is 2.11. The number of ether oxygens (including phenoxy) is 1. The summed E-state index contributed by atoms with van der Waals surface area (Å²) in [6.45, 7) is -0.111. The SMILES string of the molecule is COC(=O)c1ccc(C=CCO)cc1F. The van der Waals surface area contributed by atoms with Gasteiger partial charge in [0, 0.05) is 0 Å². The molecule has 0 aromatic heterocycles. The lowest BCUT2D eigenvalue weighted by molar-refractivity contribution is 0.0595. The summed E-state index contributed by atoms with van der Waals surface area (Å²) < 4.78 is 17.7. The van der Waals surface area contributed by atoms with E-state index in [4.69, 9.17) is 5.11 Å². The van der Waals surface area contributed by atoms with Gasteiger partial charge >= 0.3 is 5.97 Å². The van der Waals surface area contributed by atoms with Gasteiger partial charge in [0.1, 0.15) is 5.82 Å². The maximum atomic E-state index is 13.3. The average molecular weight is 210 g/mol. The van der Waals surface area contributed by atoms with E-state index in [9.17, 15) is 9.18 Å². The van der Waals surface area contributed by atoms with E-state index in [1.165, 1.54) is 25.3 Å². The molecule has 0 aliphatic carbocycles. The molecular weight excluding hydrogens is 199 g/mol. The van der Waals surface area contributed by atoms with Gasteiger partial charge in [0.05, 0.1) is 19.3 Å². The number of hydrogen-bond acceptors (Lipinski definition) is 3. The fourth-order valence-corrected chi connectivity index (χ4v) is 1.10. The topological polar surface area (TPSA) is 46.5 Å². The summed E-state index contributed by atoms with van der Waals surface area (Å²) in [7, 11) is 1.20. The summed E-state index contributed by atoms with van der Waals surface area (Å²) in [6.07, 6.45) is 3.04. The van der Waals surface area contributed by atoms with Gasteiger partial charge in [0.25, 0.3) is 0 Å². The molecule has 0 spiro atoms. The van der Waals surface area contributed by atoms with Gasteiger partial charge in [0.15, 0.2) is 0 Å². The van der Waals surface area contributed by atoms with Crippen LogP contribution in [0.2, 0.25) is 0 Å². The Morgan fingerprint density at radius 2 is 2.33 bits per heavy atom. The van der Waals surface area contributed by atoms with Gasteiger partial charge in [-0.3, -0.25) is 0 Å². The predicted molar refractivity (Wildman–Crippen MR) is 53.9 cm³/mol. The molecule has 1 N–H and O–H groups in total. The normalized spacial score (nSPS) is 10.6. The molecule has 4 heteroatoms. The highest BCUT2D eigenvalue weighted by Crippen LogP contribution is 2.12. The van der Waals surface area contributed by atoms with Gasteiger partial charge < -0.3 is 9.84 Å². The molecule has 3 nitrogen and oxygen atoms in total. The van der Waals surface area contributed by atoms with E-state index in [1.54, 1.807) is 12.1 Å². The van der Waals surface area contributed by atoms with Crippen molar-refractivity contribution < 1.29 is 19.0 Å². The van der Waals surface area contributed by atoms with Crippen molar-refractivity contribution in [1.82, 2.24) is 0 Å². The van der Waals surface area contributed by atoms with Crippen molar-refractivity contribution in [2.75, 3.05) is 13.7 Å². The lowest BCUT2D eigenvalue weighted by Crippen LogP contribution is -2.04. The minimum Gasteiger partial charge on any atom is -0.465 e. The maximum absolute atomic E-state index is 13.3. The molecule has 0 saturated heterocycles. The molecule has 0 aliphatic heterocycles. The van der Waals surface area contributed by atoms with Crippen molar-refractivity contribution in [2.24, 2.45) is 0 Å². The van der Waals surface area contributed by atoms with Crippen molar-refractivity contribution in [3.63, 3.8) is 0 Å². The third-order valence-corrected chi connectivity index (χ3v) is 1.81. The summed E-state index contributed by atoms with van der Waals surface area (Å²) in [5.74, 6) is -1.34. The Labute approximate surface area is 86.8 Å². The standard InChI is InChI=1S/C11H11FO3/c1-15-11(14)9-5-4-8(3-2-6-13)7-10(9)12/h2-5,7,13H,6H2,1H3. The minimum atomic E-state index is -0.704. The Morgan fingerprint density at radius 3 is 2.87 bits per heavy atom. The van der Waals surface area contributed by atoms with Crippen LogP contribution in [0.15, 0.2) is 24.3 Å². The summed E-state index contributed by atoms with van der Waals surface area (Å²) >= 11 is 0. The molecular formula is C11H11FO3. The van der Waals surface area contributed by atoms with Crippen LogP contribution in [0.4, 0.5) is 4.39 Å². The maximum Gasteiger partial charge on any atom is 0.340 e. The van der Waals surface area contributed by atoms with E-state index in [0.717, 1.165) is 0 Å². The molecule has 1 rings (SSSR count). The molecule has 0 atom stereocenters. The Morgan fingerprint density at radius 1 is 1.60 bits per heavy atom. The Bertz CT molecular complexity index is 385. The number of esters is 1. The third-order valence-electron chi connectivity index (χ3n) is 1.81. The number of carbonyl (C=O) groups excluding carboxylic acids is 1. The largest absolute Gasteiger partial charge is 0.465 e. The van der Waals surface area contributed by atoms with Crippen LogP contribution in [0.1, 0.15) is 15.9 Å². The molecule has 1 aromatic carbocycles. The first-order valence-corrected chi connectivity index (χ1v) is 4.34. The molecule has 0 saturated carbocycles. The molecule has 80 valence electrons. The van der Waals surface area contributed by atoms with Gasteiger partial charge in [-0.25, -0.2) is 9.18 Å². The van der Waals surface area contributed by atoms with Gasteiger partial charge in [-0.2, -0.15) is 0 Å². The van der Waals surface area contributed by atoms with Crippen LogP contribution in [0.3, 0.4) is 0 Å². The van der Waals surface area contributed by atoms with Gasteiger partial charge in [0.2, 0.25) is 0 Å². The monoisotopic (exact) mass is 210 g/mol. The zero-order valence-corrected chi connectivity index (χ0v) is 8.24. The second kappa shape index (κ2) is 5.26. The number of aliphatic hydroxyl groups is 1. The minimum absolute atomic E-state index is 0.0985. The highest BCUT2D eigenvalue weighted by atomic mass is 19.1. The second-order valence-corrected chi connectivity index (χ2v) is 2.82. The second-order valence-electron chi connectivity index (χ2n) is 2.82. The van der Waals surface area contributed by atoms with Crippen LogP contribution in [0.25, 0.3) is 6.08 Å². The van der Waals surface area contributed by atoms with E-state index < -0.39 is 11.8 Å². The summed E-state index contributed by atoms with van der Waals surface area (Å²) in [4.78, 5) is 11.0. The predicted octanol–water partition coefficient (Wildman–Crippen LogP) is 1.62. The summed E-state index contributed by atoms with van der Waals surface area (Å²) in [6, 6.07) is 4.12. The number of carbonyl (C=O) groups is 1. The zero-order valence-electron chi connectivity index (χ0n) is 8.24. The number of benzene rings is 1. The first kappa shape index (κ1) is 11.4. The molecule has 15 heavy (non-hydrogen) atoms. The molecule has 0 heterocycles. The molecule has 0 aliphatic rings. The Balaban J connectivity index is 2.98. The number of methoxy groups -OCH3 is 1. The lowest BCUT2D eigenvalue weighted by Gasteiger charge is -2.01. The first-order valence-electron chi connectivity index (χ1n) is 4.34. The van der Waals surface area contributed by atoms with E-state index in [1.807, 2.05) is 0 Å². The molecule has 0 amide bonds. The first-order chi connectivity index (χ1) is 7.19. The Kier molecular flexibility index (Phi) is 4.00. The van der Waals surface area contributed by atoms with Gasteiger partial charge in [-0.05, 0) is 17.7 Å². The third kappa shape index (κ3) is 2.89. The molecule has 0 radical (unpaired) electrons. The van der Waals surface area contributed by atoms with Crippen molar-refractivity contribution in [3.8, 4) is 0 Å². The van der Waals surface area contributed by atoms with Crippen LogP contribution in [0.5, 0.6) is 0 Å². The fraction of sp³-hybridized carbons (Fsp3) is 0.182. The van der Waals surface area contributed by atoms with Crippen molar-refractivity contribution >= 4 is 12.0 Å². The smallest absolute Gasteiger partial charge is 0.340 e. The van der Waals surface area contributed by atoms with E-state index in [0.29, 0.717) is 5.56 Å². The highest BCUT2D eigenvalue weighted by molar-refractivity contribution is 5.89. The van der Waals surface area contributed by atoms with Crippen LogP contribution in [-0.4, -0.2) is 24.8 Å². The molecule has 1 aromatic rings. The number of aliphatic hydroxyl groups excluding tert-OH is 1. The van der Waals surface area contributed by atoms with Crippen LogP contribution >= 0.6 is 0 Å². The Hall–Kier alpha value is -1.68. The number of halogens is 1. The fourth-order valence-electron chi connectivity index (χ4n) is 1.10. The molecule has 0 fully saturated rings. The van der Waals surface area contributed by atoms with Crippen LogP contribution in [-0.2, 0) is 4.74 Å². The lowest BCUT2D eigenvalue weighted by atomic mass is 10.1. The van der Waals surface area contributed by atoms with Gasteiger partial charge in [-0.1, -0.05) is 18.2 Å². The number of rotatable bonds is 3.